The molecule has 2 rings (SSSR count). The highest BCUT2D eigenvalue weighted by molar-refractivity contribution is 5.85. The monoisotopic (exact) mass is 274 g/mol. The van der Waals surface area contributed by atoms with Gasteiger partial charge in [0.2, 0.25) is 11.6 Å². The molecule has 0 aliphatic heterocycles. The van der Waals surface area contributed by atoms with E-state index >= 15 is 0 Å². The number of ether oxygens (including phenoxy) is 1. The topological polar surface area (TPSA) is 103 Å². The van der Waals surface area contributed by atoms with E-state index in [4.69, 9.17) is 9.84 Å². The lowest BCUT2D eigenvalue weighted by Crippen LogP contribution is -2.01. The molecule has 0 aliphatic rings. The number of aromatic nitrogens is 1. The highest BCUT2D eigenvalue weighted by Gasteiger charge is 2.17. The first kappa shape index (κ1) is 13.5. The lowest BCUT2D eigenvalue weighted by atomic mass is 10.2. The van der Waals surface area contributed by atoms with Crippen molar-refractivity contribution in [2.24, 2.45) is 0 Å². The molecule has 0 atom stereocenters. The Morgan fingerprint density at radius 3 is 2.75 bits per heavy atom. The van der Waals surface area contributed by atoms with Crippen molar-refractivity contribution in [3.05, 3.63) is 57.8 Å². The van der Waals surface area contributed by atoms with E-state index in [1.54, 1.807) is 13.0 Å². The number of nitro benzene ring substituents is 1. The number of aryl methyl sites for hydroxylation is 1. The van der Waals surface area contributed by atoms with E-state index in [9.17, 15) is 14.9 Å². The van der Waals surface area contributed by atoms with E-state index < -0.39 is 10.9 Å². The molecule has 0 bridgehead atoms. The number of nitrogens with zero attached hydrogens (tertiary/aromatic N) is 2. The van der Waals surface area contributed by atoms with Gasteiger partial charge in [-0.2, -0.15) is 0 Å². The van der Waals surface area contributed by atoms with Gasteiger partial charge in [-0.3, -0.25) is 10.1 Å². The van der Waals surface area contributed by atoms with Crippen LogP contribution in [0.4, 0.5) is 5.69 Å². The molecule has 1 aromatic carbocycles. The molecule has 2 aromatic rings. The lowest BCUT2D eigenvalue weighted by molar-refractivity contribution is -0.385. The largest absolute Gasteiger partial charge is 0.477 e. The minimum atomic E-state index is -1.20. The minimum absolute atomic E-state index is 0.00985. The molecule has 0 saturated heterocycles. The van der Waals surface area contributed by atoms with Crippen molar-refractivity contribution < 1.29 is 19.6 Å². The molecule has 20 heavy (non-hydrogen) atoms. The van der Waals surface area contributed by atoms with Gasteiger partial charge >= 0.3 is 11.7 Å². The summed E-state index contributed by atoms with van der Waals surface area (Å²) in [7, 11) is 0. The Bertz CT molecular complexity index is 684. The zero-order valence-electron chi connectivity index (χ0n) is 10.4. The van der Waals surface area contributed by atoms with Gasteiger partial charge in [0.25, 0.3) is 0 Å². The molecule has 0 spiro atoms. The number of carbonyl (C=O) groups is 1. The molecule has 0 amide bonds. The summed E-state index contributed by atoms with van der Waals surface area (Å²) < 4.78 is 5.30. The van der Waals surface area contributed by atoms with Crippen molar-refractivity contribution in [3.8, 4) is 11.6 Å². The van der Waals surface area contributed by atoms with Crippen LogP contribution < -0.4 is 4.74 Å². The van der Waals surface area contributed by atoms with E-state index in [1.165, 1.54) is 30.3 Å². The maximum Gasteiger partial charge on any atom is 0.354 e. The summed E-state index contributed by atoms with van der Waals surface area (Å²) in [4.78, 5) is 24.9. The first-order chi connectivity index (χ1) is 9.47. The van der Waals surface area contributed by atoms with E-state index in [-0.39, 0.29) is 23.0 Å². The van der Waals surface area contributed by atoms with E-state index in [0.29, 0.717) is 0 Å². The molecular formula is C13H10N2O5. The van der Waals surface area contributed by atoms with Crippen LogP contribution in [0.15, 0.2) is 36.4 Å². The number of hydrogen-bond donors (Lipinski definition) is 1. The zero-order chi connectivity index (χ0) is 14.7. The Labute approximate surface area is 113 Å². The Balaban J connectivity index is 2.37. The highest BCUT2D eigenvalue weighted by atomic mass is 16.6. The fourth-order valence-electron chi connectivity index (χ4n) is 1.56. The number of benzene rings is 1. The number of aromatic carboxylic acids is 1. The summed E-state index contributed by atoms with van der Waals surface area (Å²) in [5, 5.41) is 19.8. The second-order valence-corrected chi connectivity index (χ2v) is 4.00. The first-order valence-electron chi connectivity index (χ1n) is 5.60. The Morgan fingerprint density at radius 2 is 2.10 bits per heavy atom. The van der Waals surface area contributed by atoms with Gasteiger partial charge in [0.05, 0.1) is 4.92 Å². The molecule has 1 aromatic heterocycles. The SMILES string of the molecule is Cc1ccc(Oc2cccc(C(=O)O)n2)c([N+](=O)[O-])c1. The summed E-state index contributed by atoms with van der Waals surface area (Å²) in [6, 6.07) is 8.66. The van der Waals surface area contributed by atoms with Crippen LogP contribution in [0.25, 0.3) is 0 Å². The highest BCUT2D eigenvalue weighted by Crippen LogP contribution is 2.31. The van der Waals surface area contributed by atoms with Crippen LogP contribution in [0.1, 0.15) is 16.1 Å². The number of hydrogen-bond acceptors (Lipinski definition) is 5. The third-order valence-electron chi connectivity index (χ3n) is 2.47. The van der Waals surface area contributed by atoms with Crippen LogP contribution >= 0.6 is 0 Å². The standard InChI is InChI=1S/C13H10N2O5/c1-8-5-6-11(10(7-8)15(18)19)20-12-4-2-3-9(14-12)13(16)17/h2-7H,1H3,(H,16,17). The van der Waals surface area contributed by atoms with Crippen molar-refractivity contribution in [2.75, 3.05) is 0 Å². The van der Waals surface area contributed by atoms with Crippen molar-refractivity contribution in [3.63, 3.8) is 0 Å². The number of carboxylic acids is 1. The van der Waals surface area contributed by atoms with E-state index in [2.05, 4.69) is 4.98 Å². The number of rotatable bonds is 4. The van der Waals surface area contributed by atoms with Gasteiger partial charge in [-0.15, -0.1) is 0 Å². The summed E-state index contributed by atoms with van der Waals surface area (Å²) in [5.74, 6) is -1.21. The number of nitro groups is 1. The maximum absolute atomic E-state index is 11.0. The third kappa shape index (κ3) is 2.89. The Hall–Kier alpha value is -2.96. The molecule has 0 aliphatic carbocycles. The third-order valence-corrected chi connectivity index (χ3v) is 2.47. The molecule has 102 valence electrons. The molecule has 1 N–H and O–H groups in total. The molecule has 7 heteroatoms. The van der Waals surface area contributed by atoms with Crippen LogP contribution in [0, 0.1) is 17.0 Å². The van der Waals surface area contributed by atoms with Crippen LogP contribution in [-0.2, 0) is 0 Å². The number of pyridine rings is 1. The van der Waals surface area contributed by atoms with Gasteiger partial charge in [0.15, 0.2) is 5.69 Å². The van der Waals surface area contributed by atoms with Crippen LogP contribution in [-0.4, -0.2) is 21.0 Å². The molecule has 7 nitrogen and oxygen atoms in total. The predicted octanol–water partition coefficient (Wildman–Crippen LogP) is 2.79. The maximum atomic E-state index is 11.0. The van der Waals surface area contributed by atoms with Gasteiger partial charge in [-0.25, -0.2) is 9.78 Å². The van der Waals surface area contributed by atoms with Gasteiger partial charge in [0.1, 0.15) is 0 Å². The number of carboxylic acid groups (broad SMARTS) is 1. The smallest absolute Gasteiger partial charge is 0.354 e. The minimum Gasteiger partial charge on any atom is -0.477 e. The lowest BCUT2D eigenvalue weighted by Gasteiger charge is -2.06. The summed E-state index contributed by atoms with van der Waals surface area (Å²) >= 11 is 0. The first-order valence-corrected chi connectivity index (χ1v) is 5.60. The average molecular weight is 274 g/mol. The molecule has 0 saturated carbocycles. The van der Waals surface area contributed by atoms with Crippen LogP contribution in [0.5, 0.6) is 11.6 Å². The van der Waals surface area contributed by atoms with Gasteiger partial charge in [-0.05, 0) is 24.6 Å². The second kappa shape index (κ2) is 5.35. The molecule has 1 heterocycles. The van der Waals surface area contributed by atoms with Gasteiger partial charge < -0.3 is 9.84 Å². The van der Waals surface area contributed by atoms with Crippen LogP contribution in [0.3, 0.4) is 0 Å². The molecule has 0 fully saturated rings. The fraction of sp³-hybridized carbons (Fsp3) is 0.0769. The fourth-order valence-corrected chi connectivity index (χ4v) is 1.56. The summed E-state index contributed by atoms with van der Waals surface area (Å²) in [6.07, 6.45) is 0. The van der Waals surface area contributed by atoms with Crippen molar-refractivity contribution in [2.45, 2.75) is 6.92 Å². The van der Waals surface area contributed by atoms with Crippen LogP contribution in [0.2, 0.25) is 0 Å². The predicted molar refractivity (Wildman–Crippen MR) is 69.1 cm³/mol. The normalized spacial score (nSPS) is 10.1. The Morgan fingerprint density at radius 1 is 1.35 bits per heavy atom. The van der Waals surface area contributed by atoms with Crippen molar-refractivity contribution >= 4 is 11.7 Å². The second-order valence-electron chi connectivity index (χ2n) is 4.00. The van der Waals surface area contributed by atoms with Gasteiger partial charge in [-0.1, -0.05) is 12.1 Å². The zero-order valence-corrected chi connectivity index (χ0v) is 10.4. The molecule has 0 unspecified atom stereocenters. The van der Waals surface area contributed by atoms with E-state index in [1.807, 2.05) is 0 Å². The Kier molecular flexibility index (Phi) is 3.60. The van der Waals surface area contributed by atoms with Crippen molar-refractivity contribution in [1.29, 1.82) is 0 Å². The van der Waals surface area contributed by atoms with Crippen molar-refractivity contribution in [1.82, 2.24) is 4.98 Å². The van der Waals surface area contributed by atoms with Gasteiger partial charge in [0, 0.05) is 12.1 Å². The molecule has 0 radical (unpaired) electrons. The quantitative estimate of drug-likeness (QED) is 0.679. The summed E-state index contributed by atoms with van der Waals surface area (Å²) in [5.41, 5.74) is 0.320. The summed E-state index contributed by atoms with van der Waals surface area (Å²) in [6.45, 7) is 1.72. The molecular weight excluding hydrogens is 264 g/mol. The average Bonchev–Trinajstić information content (AvgIpc) is 2.41. The van der Waals surface area contributed by atoms with E-state index in [0.717, 1.165) is 5.56 Å².